The third kappa shape index (κ3) is 3.93. The quantitative estimate of drug-likeness (QED) is 0.865. The highest BCUT2D eigenvalue weighted by molar-refractivity contribution is 5.85. The highest BCUT2D eigenvalue weighted by atomic mass is 35.5. The number of carbonyl (C=O) groups excluding carboxylic acids is 1. The van der Waals surface area contributed by atoms with Gasteiger partial charge in [-0.05, 0) is 19.9 Å². The second-order valence-electron chi connectivity index (χ2n) is 5.18. The summed E-state index contributed by atoms with van der Waals surface area (Å²) in [6.07, 6.45) is 5.61. The first-order valence-electron chi connectivity index (χ1n) is 6.93. The molecule has 1 heterocycles. The van der Waals surface area contributed by atoms with E-state index in [4.69, 9.17) is 4.52 Å². The zero-order valence-electron chi connectivity index (χ0n) is 12.1. The van der Waals surface area contributed by atoms with Gasteiger partial charge in [0.15, 0.2) is 5.82 Å². The minimum Gasteiger partial charge on any atom is -0.343 e. The summed E-state index contributed by atoms with van der Waals surface area (Å²) in [7, 11) is 1.84. The van der Waals surface area contributed by atoms with Crippen LogP contribution in [0, 0.1) is 6.92 Å². The average molecular weight is 303 g/mol. The van der Waals surface area contributed by atoms with Gasteiger partial charge in [-0.1, -0.05) is 24.4 Å². The van der Waals surface area contributed by atoms with Crippen LogP contribution in [0.2, 0.25) is 0 Å². The molecule has 2 rings (SSSR count). The highest BCUT2D eigenvalue weighted by Crippen LogP contribution is 2.35. The average Bonchev–Trinajstić information content (AvgIpc) is 2.85. The van der Waals surface area contributed by atoms with Crippen LogP contribution in [0.5, 0.6) is 0 Å². The SMILES string of the molecule is CNCCC(=O)NC1(c2noc(C)n2)CCCCC1.Cl. The molecule has 1 fully saturated rings. The van der Waals surface area contributed by atoms with E-state index in [9.17, 15) is 4.79 Å². The van der Waals surface area contributed by atoms with Gasteiger partial charge in [-0.25, -0.2) is 0 Å². The van der Waals surface area contributed by atoms with Crippen LogP contribution in [-0.4, -0.2) is 29.6 Å². The molecule has 6 nitrogen and oxygen atoms in total. The summed E-state index contributed by atoms with van der Waals surface area (Å²) < 4.78 is 5.08. The summed E-state index contributed by atoms with van der Waals surface area (Å²) >= 11 is 0. The van der Waals surface area contributed by atoms with E-state index < -0.39 is 5.54 Å². The van der Waals surface area contributed by atoms with Crippen LogP contribution >= 0.6 is 12.4 Å². The van der Waals surface area contributed by atoms with Gasteiger partial charge in [0.2, 0.25) is 11.8 Å². The van der Waals surface area contributed by atoms with Crippen molar-refractivity contribution in [2.24, 2.45) is 0 Å². The van der Waals surface area contributed by atoms with Crippen molar-refractivity contribution in [2.45, 2.75) is 51.0 Å². The van der Waals surface area contributed by atoms with Gasteiger partial charge in [0.05, 0.1) is 0 Å². The number of hydrogen-bond acceptors (Lipinski definition) is 5. The van der Waals surface area contributed by atoms with Crippen molar-refractivity contribution in [2.75, 3.05) is 13.6 Å². The molecule has 0 spiro atoms. The molecule has 1 aromatic heterocycles. The van der Waals surface area contributed by atoms with Gasteiger partial charge in [-0.15, -0.1) is 12.4 Å². The Morgan fingerprint density at radius 3 is 2.60 bits per heavy atom. The van der Waals surface area contributed by atoms with Crippen LogP contribution in [-0.2, 0) is 10.3 Å². The number of halogens is 1. The Kier molecular flexibility index (Phi) is 6.42. The lowest BCUT2D eigenvalue weighted by atomic mass is 9.81. The van der Waals surface area contributed by atoms with E-state index in [2.05, 4.69) is 20.8 Å². The zero-order valence-corrected chi connectivity index (χ0v) is 12.9. The molecule has 0 bridgehead atoms. The first-order valence-corrected chi connectivity index (χ1v) is 6.93. The fourth-order valence-corrected chi connectivity index (χ4v) is 2.62. The largest absolute Gasteiger partial charge is 0.343 e. The minimum absolute atomic E-state index is 0. The van der Waals surface area contributed by atoms with Crippen LogP contribution < -0.4 is 10.6 Å². The van der Waals surface area contributed by atoms with E-state index in [1.54, 1.807) is 6.92 Å². The lowest BCUT2D eigenvalue weighted by Gasteiger charge is -2.35. The Hall–Kier alpha value is -1.14. The number of hydrogen-bond donors (Lipinski definition) is 2. The van der Waals surface area contributed by atoms with E-state index in [0.29, 0.717) is 24.7 Å². The van der Waals surface area contributed by atoms with Crippen molar-refractivity contribution in [3.05, 3.63) is 11.7 Å². The van der Waals surface area contributed by atoms with Gasteiger partial charge in [-0.3, -0.25) is 4.79 Å². The Morgan fingerprint density at radius 1 is 1.35 bits per heavy atom. The number of amides is 1. The van der Waals surface area contributed by atoms with Gasteiger partial charge in [0, 0.05) is 19.9 Å². The summed E-state index contributed by atoms with van der Waals surface area (Å²) in [4.78, 5) is 16.3. The maximum atomic E-state index is 12.0. The summed E-state index contributed by atoms with van der Waals surface area (Å²) in [6, 6.07) is 0. The molecule has 0 aromatic carbocycles. The van der Waals surface area contributed by atoms with E-state index in [1.165, 1.54) is 6.42 Å². The molecule has 1 aliphatic rings. The molecule has 20 heavy (non-hydrogen) atoms. The van der Waals surface area contributed by atoms with E-state index in [1.807, 2.05) is 7.05 Å². The molecule has 0 atom stereocenters. The molecule has 0 radical (unpaired) electrons. The molecule has 1 saturated carbocycles. The van der Waals surface area contributed by atoms with Gasteiger partial charge in [-0.2, -0.15) is 4.98 Å². The first kappa shape index (κ1) is 16.9. The topological polar surface area (TPSA) is 80.0 Å². The second kappa shape index (κ2) is 7.59. The summed E-state index contributed by atoms with van der Waals surface area (Å²) in [6.45, 7) is 2.45. The lowest BCUT2D eigenvalue weighted by Crippen LogP contribution is -2.48. The fourth-order valence-electron chi connectivity index (χ4n) is 2.62. The number of nitrogens with one attached hydrogen (secondary N) is 2. The molecule has 1 amide bonds. The van der Waals surface area contributed by atoms with Crippen LogP contribution in [0.15, 0.2) is 4.52 Å². The van der Waals surface area contributed by atoms with Gasteiger partial charge < -0.3 is 15.2 Å². The predicted molar refractivity (Wildman–Crippen MR) is 77.7 cm³/mol. The monoisotopic (exact) mass is 302 g/mol. The Balaban J connectivity index is 0.00000200. The summed E-state index contributed by atoms with van der Waals surface area (Å²) in [5.41, 5.74) is -0.430. The van der Waals surface area contributed by atoms with Gasteiger partial charge >= 0.3 is 0 Å². The van der Waals surface area contributed by atoms with E-state index >= 15 is 0 Å². The third-order valence-corrected chi connectivity index (χ3v) is 3.64. The third-order valence-electron chi connectivity index (χ3n) is 3.64. The Labute approximate surface area is 125 Å². The van der Waals surface area contributed by atoms with Crippen LogP contribution in [0.3, 0.4) is 0 Å². The predicted octanol–water partition coefficient (Wildman–Crippen LogP) is 1.68. The highest BCUT2D eigenvalue weighted by Gasteiger charge is 2.39. The Bertz CT molecular complexity index is 430. The number of aryl methyl sites for hydroxylation is 1. The van der Waals surface area contributed by atoms with Crippen molar-refractivity contribution in [3.8, 4) is 0 Å². The number of nitrogens with zero attached hydrogens (tertiary/aromatic N) is 2. The molecule has 0 aliphatic heterocycles. The molecule has 0 saturated heterocycles. The first-order chi connectivity index (χ1) is 9.16. The Morgan fingerprint density at radius 2 is 2.05 bits per heavy atom. The summed E-state index contributed by atoms with van der Waals surface area (Å²) in [5, 5.41) is 10.1. The maximum Gasteiger partial charge on any atom is 0.223 e. The van der Waals surface area contributed by atoms with Crippen molar-refractivity contribution in [1.29, 1.82) is 0 Å². The van der Waals surface area contributed by atoms with Crippen molar-refractivity contribution in [3.63, 3.8) is 0 Å². The van der Waals surface area contributed by atoms with Crippen LogP contribution in [0.4, 0.5) is 0 Å². The standard InChI is InChI=1S/C13H22N4O2.ClH/c1-10-15-12(17-19-10)13(7-4-3-5-8-13)16-11(18)6-9-14-2;/h14H,3-9H2,1-2H3,(H,16,18);1H. The molecule has 114 valence electrons. The number of rotatable bonds is 5. The van der Waals surface area contributed by atoms with E-state index in [-0.39, 0.29) is 18.3 Å². The zero-order chi connectivity index (χ0) is 13.7. The van der Waals surface area contributed by atoms with Gasteiger partial charge in [0.1, 0.15) is 5.54 Å². The molecule has 1 aliphatic carbocycles. The second-order valence-corrected chi connectivity index (χ2v) is 5.18. The van der Waals surface area contributed by atoms with Crippen molar-refractivity contribution in [1.82, 2.24) is 20.8 Å². The molecule has 2 N–H and O–H groups in total. The van der Waals surface area contributed by atoms with Crippen molar-refractivity contribution >= 4 is 18.3 Å². The van der Waals surface area contributed by atoms with Crippen molar-refractivity contribution < 1.29 is 9.32 Å². The molecule has 0 unspecified atom stereocenters. The summed E-state index contributed by atoms with van der Waals surface area (Å²) in [5.74, 6) is 1.21. The normalized spacial score (nSPS) is 17.3. The fraction of sp³-hybridized carbons (Fsp3) is 0.769. The molecular formula is C13H23ClN4O2. The van der Waals surface area contributed by atoms with Crippen LogP contribution in [0.1, 0.15) is 50.2 Å². The number of aromatic nitrogens is 2. The lowest BCUT2D eigenvalue weighted by molar-refractivity contribution is -0.123. The number of carbonyl (C=O) groups is 1. The van der Waals surface area contributed by atoms with Crippen LogP contribution in [0.25, 0.3) is 0 Å². The smallest absolute Gasteiger partial charge is 0.223 e. The maximum absolute atomic E-state index is 12.0. The molecule has 1 aromatic rings. The molecular weight excluding hydrogens is 280 g/mol. The molecule has 7 heteroatoms. The van der Waals surface area contributed by atoms with Gasteiger partial charge in [0.25, 0.3) is 0 Å². The van der Waals surface area contributed by atoms with E-state index in [0.717, 1.165) is 25.7 Å². The minimum atomic E-state index is -0.430.